The highest BCUT2D eigenvalue weighted by molar-refractivity contribution is 6.33. The van der Waals surface area contributed by atoms with Crippen molar-refractivity contribution in [3.63, 3.8) is 0 Å². The van der Waals surface area contributed by atoms with Crippen molar-refractivity contribution in [1.29, 1.82) is 0 Å². The Labute approximate surface area is 128 Å². The Morgan fingerprint density at radius 1 is 1.33 bits per heavy atom. The average Bonchev–Trinajstić information content (AvgIpc) is 3.09. The monoisotopic (exact) mass is 306 g/mol. The van der Waals surface area contributed by atoms with Crippen molar-refractivity contribution in [3.05, 3.63) is 29.0 Å². The normalized spacial score (nSPS) is 15.5. The molecule has 1 aliphatic carbocycles. The van der Waals surface area contributed by atoms with E-state index in [2.05, 4.69) is 4.98 Å². The highest BCUT2D eigenvalue weighted by Gasteiger charge is 2.26. The minimum atomic E-state index is 0.375. The van der Waals surface area contributed by atoms with Crippen LogP contribution in [0.2, 0.25) is 5.02 Å². The molecule has 6 heteroatoms. The minimum absolute atomic E-state index is 0.375. The Morgan fingerprint density at radius 3 is 2.71 bits per heavy atom. The molecule has 3 rings (SSSR count). The standard InChI is InChI=1S/C15H19ClN4O/c1-21-11-8-4-7-10(16)12(11)13-14(17)20(18)15(19-13)9-5-2-3-6-9/h4,7-9H,2-3,5-6,17-18H2,1H3. The predicted octanol–water partition coefficient (Wildman–Crippen LogP) is 3.17. The predicted molar refractivity (Wildman–Crippen MR) is 85.0 cm³/mol. The zero-order valence-corrected chi connectivity index (χ0v) is 12.7. The van der Waals surface area contributed by atoms with Crippen LogP contribution in [0.1, 0.15) is 37.4 Å². The van der Waals surface area contributed by atoms with Crippen molar-refractivity contribution in [1.82, 2.24) is 9.66 Å². The van der Waals surface area contributed by atoms with Gasteiger partial charge in [-0.2, -0.15) is 0 Å². The van der Waals surface area contributed by atoms with Gasteiger partial charge in [-0.15, -0.1) is 0 Å². The van der Waals surface area contributed by atoms with Gasteiger partial charge in [0.25, 0.3) is 0 Å². The summed E-state index contributed by atoms with van der Waals surface area (Å²) in [4.78, 5) is 4.68. The fourth-order valence-corrected chi connectivity index (χ4v) is 3.28. The lowest BCUT2D eigenvalue weighted by atomic mass is 10.1. The molecule has 0 amide bonds. The molecule has 0 spiro atoms. The van der Waals surface area contributed by atoms with Gasteiger partial charge in [0.2, 0.25) is 0 Å². The van der Waals surface area contributed by atoms with E-state index in [9.17, 15) is 0 Å². The number of nitrogen functional groups attached to an aromatic ring is 2. The first-order valence-corrected chi connectivity index (χ1v) is 7.47. The summed E-state index contributed by atoms with van der Waals surface area (Å²) in [7, 11) is 1.60. The Balaban J connectivity index is 2.13. The van der Waals surface area contributed by atoms with E-state index in [0.29, 0.717) is 33.8 Å². The molecule has 0 unspecified atom stereocenters. The number of nitrogens with zero attached hydrogens (tertiary/aromatic N) is 2. The molecule has 1 aromatic carbocycles. The van der Waals surface area contributed by atoms with Crippen LogP contribution >= 0.6 is 11.6 Å². The molecule has 21 heavy (non-hydrogen) atoms. The number of nitrogens with two attached hydrogens (primary N) is 2. The SMILES string of the molecule is COc1cccc(Cl)c1-c1nc(C2CCCC2)n(N)c1N. The fourth-order valence-electron chi connectivity index (χ4n) is 3.02. The molecule has 1 fully saturated rings. The van der Waals surface area contributed by atoms with Gasteiger partial charge in [0.1, 0.15) is 17.3 Å². The van der Waals surface area contributed by atoms with Crippen molar-refractivity contribution < 1.29 is 4.74 Å². The molecule has 1 heterocycles. The van der Waals surface area contributed by atoms with E-state index >= 15 is 0 Å². The second-order valence-corrected chi connectivity index (χ2v) is 5.78. The van der Waals surface area contributed by atoms with Gasteiger partial charge in [-0.3, -0.25) is 0 Å². The maximum Gasteiger partial charge on any atom is 0.151 e. The topological polar surface area (TPSA) is 79.1 Å². The molecule has 0 saturated heterocycles. The van der Waals surface area contributed by atoms with Crippen molar-refractivity contribution in [2.45, 2.75) is 31.6 Å². The number of benzene rings is 1. The number of hydrogen-bond donors (Lipinski definition) is 2. The van der Waals surface area contributed by atoms with Crippen LogP contribution in [0.4, 0.5) is 5.82 Å². The van der Waals surface area contributed by atoms with Gasteiger partial charge in [0.15, 0.2) is 5.82 Å². The minimum Gasteiger partial charge on any atom is -0.496 e. The van der Waals surface area contributed by atoms with Crippen molar-refractivity contribution in [3.8, 4) is 17.0 Å². The van der Waals surface area contributed by atoms with Crippen LogP contribution in [-0.2, 0) is 0 Å². The zero-order chi connectivity index (χ0) is 15.0. The molecule has 5 nitrogen and oxygen atoms in total. The average molecular weight is 307 g/mol. The number of hydrogen-bond acceptors (Lipinski definition) is 4. The molecule has 1 saturated carbocycles. The summed E-state index contributed by atoms with van der Waals surface area (Å²) >= 11 is 6.31. The highest BCUT2D eigenvalue weighted by Crippen LogP contribution is 2.41. The van der Waals surface area contributed by atoms with Crippen molar-refractivity contribution in [2.75, 3.05) is 18.7 Å². The number of aromatic nitrogens is 2. The Hall–Kier alpha value is -1.88. The van der Waals surface area contributed by atoms with Crippen LogP contribution < -0.4 is 16.3 Å². The zero-order valence-electron chi connectivity index (χ0n) is 12.0. The summed E-state index contributed by atoms with van der Waals surface area (Å²) < 4.78 is 6.87. The van der Waals surface area contributed by atoms with Gasteiger partial charge in [-0.05, 0) is 25.0 Å². The van der Waals surface area contributed by atoms with Crippen LogP contribution in [0.15, 0.2) is 18.2 Å². The second kappa shape index (κ2) is 5.48. The third-order valence-corrected chi connectivity index (χ3v) is 4.44. The van der Waals surface area contributed by atoms with Crippen LogP contribution in [0.5, 0.6) is 5.75 Å². The maximum absolute atomic E-state index is 6.31. The third kappa shape index (κ3) is 2.31. The maximum atomic E-state index is 6.31. The first-order valence-electron chi connectivity index (χ1n) is 7.09. The van der Waals surface area contributed by atoms with Gasteiger partial charge < -0.3 is 16.3 Å². The summed E-state index contributed by atoms with van der Waals surface area (Å²) in [5.74, 6) is 8.38. The van der Waals surface area contributed by atoms with Crippen LogP contribution in [0.3, 0.4) is 0 Å². The molecule has 0 bridgehead atoms. The van der Waals surface area contributed by atoms with Crippen molar-refractivity contribution in [2.24, 2.45) is 0 Å². The molecule has 0 radical (unpaired) electrons. The van der Waals surface area contributed by atoms with E-state index in [-0.39, 0.29) is 0 Å². The summed E-state index contributed by atoms with van der Waals surface area (Å²) in [5, 5.41) is 0.553. The lowest BCUT2D eigenvalue weighted by Crippen LogP contribution is -2.17. The molecule has 0 aliphatic heterocycles. The van der Waals surface area contributed by atoms with Gasteiger partial charge in [-0.25, -0.2) is 9.66 Å². The van der Waals surface area contributed by atoms with Gasteiger partial charge in [-0.1, -0.05) is 30.5 Å². The summed E-state index contributed by atoms with van der Waals surface area (Å²) in [6, 6.07) is 5.47. The van der Waals surface area contributed by atoms with Gasteiger partial charge in [0, 0.05) is 5.92 Å². The first kappa shape index (κ1) is 14.1. The number of ether oxygens (including phenoxy) is 1. The molecule has 1 aromatic heterocycles. The Bertz CT molecular complexity index is 662. The van der Waals surface area contributed by atoms with Crippen LogP contribution in [0, 0.1) is 0 Å². The van der Waals surface area contributed by atoms with Crippen molar-refractivity contribution >= 4 is 17.4 Å². The number of anilines is 1. The van der Waals surface area contributed by atoms with E-state index in [1.807, 2.05) is 12.1 Å². The number of halogens is 1. The Morgan fingerprint density at radius 2 is 2.05 bits per heavy atom. The molecular formula is C15H19ClN4O. The molecular weight excluding hydrogens is 288 g/mol. The van der Waals surface area contributed by atoms with Gasteiger partial charge >= 0.3 is 0 Å². The lowest BCUT2D eigenvalue weighted by molar-refractivity contribution is 0.416. The van der Waals surface area contributed by atoms with E-state index in [4.69, 9.17) is 27.9 Å². The number of methoxy groups -OCH3 is 1. The highest BCUT2D eigenvalue weighted by atomic mass is 35.5. The first-order chi connectivity index (χ1) is 10.1. The van der Waals surface area contributed by atoms with E-state index in [0.717, 1.165) is 18.7 Å². The number of imidazole rings is 1. The quantitative estimate of drug-likeness (QED) is 0.854. The summed E-state index contributed by atoms with van der Waals surface area (Å²) in [6.07, 6.45) is 4.63. The molecule has 0 atom stereocenters. The summed E-state index contributed by atoms with van der Waals surface area (Å²) in [6.45, 7) is 0. The third-order valence-electron chi connectivity index (χ3n) is 4.13. The smallest absolute Gasteiger partial charge is 0.151 e. The molecule has 4 N–H and O–H groups in total. The van der Waals surface area contributed by atoms with Crippen LogP contribution in [0.25, 0.3) is 11.3 Å². The largest absolute Gasteiger partial charge is 0.496 e. The second-order valence-electron chi connectivity index (χ2n) is 5.37. The molecule has 2 aromatic rings. The Kier molecular flexibility index (Phi) is 3.68. The number of rotatable bonds is 3. The van der Waals surface area contributed by atoms with Gasteiger partial charge in [0.05, 0.1) is 17.7 Å². The lowest BCUT2D eigenvalue weighted by Gasteiger charge is -2.08. The van der Waals surface area contributed by atoms with E-state index < -0.39 is 0 Å². The molecule has 1 aliphatic rings. The molecule has 112 valence electrons. The van der Waals surface area contributed by atoms with E-state index in [1.54, 1.807) is 13.2 Å². The summed E-state index contributed by atoms with van der Waals surface area (Å²) in [5.41, 5.74) is 7.45. The van der Waals surface area contributed by atoms with Crippen LogP contribution in [-0.4, -0.2) is 16.8 Å². The van der Waals surface area contributed by atoms with E-state index in [1.165, 1.54) is 17.5 Å². The fraction of sp³-hybridized carbons (Fsp3) is 0.400.